The van der Waals surface area contributed by atoms with Crippen LogP contribution in [-0.4, -0.2) is 30.4 Å². The molecule has 2 aliphatic rings. The van der Waals surface area contributed by atoms with Gasteiger partial charge in [-0.25, -0.2) is 0 Å². The highest BCUT2D eigenvalue weighted by molar-refractivity contribution is 9.10. The van der Waals surface area contributed by atoms with E-state index >= 15 is 0 Å². The highest BCUT2D eigenvalue weighted by Gasteiger charge is 2.33. The van der Waals surface area contributed by atoms with E-state index in [2.05, 4.69) is 63.3 Å². The first-order chi connectivity index (χ1) is 12.2. The van der Waals surface area contributed by atoms with Gasteiger partial charge in [-0.2, -0.15) is 0 Å². The summed E-state index contributed by atoms with van der Waals surface area (Å²) in [6.45, 7) is 3.71. The van der Waals surface area contributed by atoms with Crippen LogP contribution in [0.3, 0.4) is 0 Å². The maximum absolute atomic E-state index is 13.1. The maximum atomic E-state index is 13.1. The second kappa shape index (κ2) is 7.30. The van der Waals surface area contributed by atoms with E-state index in [1.54, 1.807) is 0 Å². The van der Waals surface area contributed by atoms with Crippen molar-refractivity contribution < 1.29 is 4.79 Å². The Labute approximate surface area is 157 Å². The van der Waals surface area contributed by atoms with E-state index in [1.807, 2.05) is 11.0 Å². The lowest BCUT2D eigenvalue weighted by Gasteiger charge is -2.34. The van der Waals surface area contributed by atoms with E-state index in [1.165, 1.54) is 11.1 Å². The molecule has 4 rings (SSSR count). The van der Waals surface area contributed by atoms with Gasteiger partial charge in [0.05, 0.1) is 5.92 Å². The smallest absolute Gasteiger partial charge is 0.231 e. The van der Waals surface area contributed by atoms with Crippen LogP contribution in [0.4, 0.5) is 5.69 Å². The molecule has 2 aromatic carbocycles. The third kappa shape index (κ3) is 3.65. The van der Waals surface area contributed by atoms with Gasteiger partial charge < -0.3 is 4.90 Å². The number of likely N-dealkylation sites (tertiary alicyclic amines) is 1. The van der Waals surface area contributed by atoms with Gasteiger partial charge in [0.25, 0.3) is 0 Å². The van der Waals surface area contributed by atoms with Crippen LogP contribution >= 0.6 is 15.9 Å². The Bertz CT molecular complexity index is 762. The average molecular weight is 399 g/mol. The van der Waals surface area contributed by atoms with Crippen molar-refractivity contribution in [3.8, 4) is 0 Å². The molecule has 0 N–H and O–H groups in total. The molecule has 0 spiro atoms. The number of carbonyl (C=O) groups is 1. The van der Waals surface area contributed by atoms with Crippen molar-refractivity contribution >= 4 is 27.5 Å². The number of piperidine rings is 1. The largest absolute Gasteiger partial charge is 0.312 e. The molecule has 130 valence electrons. The first kappa shape index (κ1) is 16.8. The Morgan fingerprint density at radius 3 is 2.80 bits per heavy atom. The quantitative estimate of drug-likeness (QED) is 0.771. The van der Waals surface area contributed by atoms with Gasteiger partial charge in [-0.05, 0) is 55.1 Å². The summed E-state index contributed by atoms with van der Waals surface area (Å²) in [7, 11) is 0. The minimum Gasteiger partial charge on any atom is -0.312 e. The predicted octanol–water partition coefficient (Wildman–Crippen LogP) is 4.25. The summed E-state index contributed by atoms with van der Waals surface area (Å²) in [5, 5.41) is 0. The number of amides is 1. The second-order valence-corrected chi connectivity index (χ2v) is 7.99. The van der Waals surface area contributed by atoms with Crippen LogP contribution < -0.4 is 4.90 Å². The van der Waals surface area contributed by atoms with Crippen molar-refractivity contribution in [3.05, 3.63) is 64.1 Å². The molecule has 0 bridgehead atoms. The molecule has 0 saturated carbocycles. The minimum atomic E-state index is 0.118. The zero-order valence-electron chi connectivity index (χ0n) is 14.3. The molecule has 1 fully saturated rings. The van der Waals surface area contributed by atoms with Gasteiger partial charge in [-0.15, -0.1) is 0 Å². The fraction of sp³-hybridized carbons (Fsp3) is 0.381. The highest BCUT2D eigenvalue weighted by atomic mass is 79.9. The molecule has 1 unspecified atom stereocenters. The van der Waals surface area contributed by atoms with E-state index in [4.69, 9.17) is 0 Å². The number of hydrogen-bond donors (Lipinski definition) is 0. The summed E-state index contributed by atoms with van der Waals surface area (Å²) < 4.78 is 1.09. The molecule has 1 amide bonds. The van der Waals surface area contributed by atoms with Crippen molar-refractivity contribution in [1.82, 2.24) is 4.90 Å². The second-order valence-electron chi connectivity index (χ2n) is 7.07. The summed E-state index contributed by atoms with van der Waals surface area (Å²) in [6.07, 6.45) is 3.07. The molecule has 3 nitrogen and oxygen atoms in total. The topological polar surface area (TPSA) is 23.6 Å². The first-order valence-corrected chi connectivity index (χ1v) is 9.86. The number of halogens is 1. The van der Waals surface area contributed by atoms with Crippen LogP contribution in [0, 0.1) is 5.92 Å². The summed E-state index contributed by atoms with van der Waals surface area (Å²) in [4.78, 5) is 17.6. The Morgan fingerprint density at radius 2 is 1.96 bits per heavy atom. The molecule has 25 heavy (non-hydrogen) atoms. The van der Waals surface area contributed by atoms with Crippen LogP contribution in [0.5, 0.6) is 0 Å². The molecular formula is C21H23BrN2O. The first-order valence-electron chi connectivity index (χ1n) is 9.07. The number of carbonyl (C=O) groups excluding carboxylic acids is 1. The molecule has 4 heteroatoms. The van der Waals surface area contributed by atoms with Crippen LogP contribution in [0.2, 0.25) is 0 Å². The summed E-state index contributed by atoms with van der Waals surface area (Å²) in [5.41, 5.74) is 3.71. The van der Waals surface area contributed by atoms with Gasteiger partial charge in [0.2, 0.25) is 5.91 Å². The molecule has 2 heterocycles. The van der Waals surface area contributed by atoms with Crippen molar-refractivity contribution in [1.29, 1.82) is 0 Å². The average Bonchev–Trinajstić information content (AvgIpc) is 3.05. The van der Waals surface area contributed by atoms with Crippen molar-refractivity contribution in [2.45, 2.75) is 25.8 Å². The van der Waals surface area contributed by atoms with E-state index in [0.717, 1.165) is 55.6 Å². The number of rotatable bonds is 3. The molecule has 1 atom stereocenters. The Hall–Kier alpha value is -1.65. The van der Waals surface area contributed by atoms with Gasteiger partial charge in [0.1, 0.15) is 0 Å². The third-order valence-electron chi connectivity index (χ3n) is 5.31. The monoisotopic (exact) mass is 398 g/mol. The number of fused-ring (bicyclic) bond motifs is 1. The van der Waals surface area contributed by atoms with E-state index in [-0.39, 0.29) is 5.92 Å². The molecule has 0 radical (unpaired) electrons. The normalized spacial score (nSPS) is 20.5. The van der Waals surface area contributed by atoms with Gasteiger partial charge in [0.15, 0.2) is 0 Å². The molecule has 2 aliphatic heterocycles. The van der Waals surface area contributed by atoms with Gasteiger partial charge in [0, 0.05) is 29.8 Å². The fourth-order valence-corrected chi connectivity index (χ4v) is 4.47. The Kier molecular flexibility index (Phi) is 4.91. The summed E-state index contributed by atoms with van der Waals surface area (Å²) in [6, 6.07) is 16.8. The van der Waals surface area contributed by atoms with Crippen molar-refractivity contribution in [2.75, 3.05) is 24.5 Å². The predicted molar refractivity (Wildman–Crippen MR) is 105 cm³/mol. The molecule has 0 aromatic heterocycles. The number of anilines is 1. The lowest BCUT2D eigenvalue weighted by molar-refractivity contribution is -0.124. The zero-order chi connectivity index (χ0) is 17.2. The molecule has 2 aromatic rings. The lowest BCUT2D eigenvalue weighted by Crippen LogP contribution is -2.44. The van der Waals surface area contributed by atoms with Crippen LogP contribution in [0.1, 0.15) is 24.0 Å². The number of nitrogens with zero attached hydrogens (tertiary/aromatic N) is 2. The van der Waals surface area contributed by atoms with E-state index in [0.29, 0.717) is 5.91 Å². The number of benzene rings is 2. The lowest BCUT2D eigenvalue weighted by atomic mass is 9.96. The molecular weight excluding hydrogens is 376 g/mol. The van der Waals surface area contributed by atoms with E-state index in [9.17, 15) is 4.79 Å². The Morgan fingerprint density at radius 1 is 1.12 bits per heavy atom. The standard InChI is InChI=1S/C21H23BrN2O/c22-19-8-9-20-17(13-19)10-12-24(20)21(25)18-7-4-11-23(15-18)14-16-5-2-1-3-6-16/h1-3,5-6,8-9,13,18H,4,7,10-12,14-15H2. The maximum Gasteiger partial charge on any atom is 0.231 e. The highest BCUT2D eigenvalue weighted by Crippen LogP contribution is 2.33. The Balaban J connectivity index is 1.44. The van der Waals surface area contributed by atoms with E-state index < -0.39 is 0 Å². The van der Waals surface area contributed by atoms with Crippen molar-refractivity contribution in [2.24, 2.45) is 5.92 Å². The van der Waals surface area contributed by atoms with Gasteiger partial charge >= 0.3 is 0 Å². The summed E-state index contributed by atoms with van der Waals surface area (Å²) in [5.74, 6) is 0.422. The minimum absolute atomic E-state index is 0.118. The number of hydrogen-bond acceptors (Lipinski definition) is 2. The van der Waals surface area contributed by atoms with Gasteiger partial charge in [-0.3, -0.25) is 9.69 Å². The fourth-order valence-electron chi connectivity index (χ4n) is 4.06. The molecule has 0 aliphatic carbocycles. The van der Waals surface area contributed by atoms with Crippen LogP contribution in [0.15, 0.2) is 53.0 Å². The van der Waals surface area contributed by atoms with Crippen molar-refractivity contribution in [3.63, 3.8) is 0 Å². The third-order valence-corrected chi connectivity index (χ3v) is 5.80. The van der Waals surface area contributed by atoms with Crippen LogP contribution in [-0.2, 0) is 17.8 Å². The van der Waals surface area contributed by atoms with Crippen LogP contribution in [0.25, 0.3) is 0 Å². The SMILES string of the molecule is O=C(C1CCCN(Cc2ccccc2)C1)N1CCc2cc(Br)ccc21. The molecule has 1 saturated heterocycles. The summed E-state index contributed by atoms with van der Waals surface area (Å²) >= 11 is 3.53. The zero-order valence-corrected chi connectivity index (χ0v) is 15.9. The van der Waals surface area contributed by atoms with Gasteiger partial charge in [-0.1, -0.05) is 46.3 Å².